The smallest absolute Gasteiger partial charge is 0.303 e. The topological polar surface area (TPSA) is 37.3 Å². The van der Waals surface area contributed by atoms with Crippen LogP contribution in [0.1, 0.15) is 59.3 Å². The Morgan fingerprint density at radius 2 is 1.64 bits per heavy atom. The average molecular weight is 200 g/mol. The van der Waals surface area contributed by atoms with Gasteiger partial charge in [0.05, 0.1) is 0 Å². The lowest BCUT2D eigenvalue weighted by Crippen LogP contribution is -2.00. The fraction of sp³-hybridized carbons (Fsp3) is 0.917. The summed E-state index contributed by atoms with van der Waals surface area (Å²) in [4.78, 5) is 10.3. The van der Waals surface area contributed by atoms with Gasteiger partial charge in [0.15, 0.2) is 0 Å². The second kappa shape index (κ2) is 7.84. The molecule has 0 aliphatic heterocycles. The van der Waals surface area contributed by atoms with Crippen LogP contribution in [-0.2, 0) is 4.79 Å². The fourth-order valence-corrected chi connectivity index (χ4v) is 1.62. The summed E-state index contributed by atoms with van der Waals surface area (Å²) in [6.45, 7) is 6.71. The highest BCUT2D eigenvalue weighted by Crippen LogP contribution is 2.17. The van der Waals surface area contributed by atoms with Crippen molar-refractivity contribution in [2.45, 2.75) is 59.3 Å². The van der Waals surface area contributed by atoms with Gasteiger partial charge in [-0.15, -0.1) is 0 Å². The highest BCUT2D eigenvalue weighted by molar-refractivity contribution is 5.66. The Morgan fingerprint density at radius 3 is 2.14 bits per heavy atom. The van der Waals surface area contributed by atoms with Crippen molar-refractivity contribution in [2.24, 2.45) is 11.8 Å². The van der Waals surface area contributed by atoms with Gasteiger partial charge in [-0.25, -0.2) is 0 Å². The van der Waals surface area contributed by atoms with Gasteiger partial charge >= 0.3 is 5.97 Å². The molecule has 0 aromatic heterocycles. The molecule has 0 aromatic rings. The maximum absolute atomic E-state index is 10.3. The molecular formula is C12H24O2. The van der Waals surface area contributed by atoms with Crippen molar-refractivity contribution in [3.63, 3.8) is 0 Å². The molecule has 0 heterocycles. The predicted molar refractivity (Wildman–Crippen MR) is 59.3 cm³/mol. The molecule has 0 rings (SSSR count). The van der Waals surface area contributed by atoms with Crippen LogP contribution in [0.25, 0.3) is 0 Å². The third-order valence-electron chi connectivity index (χ3n) is 2.57. The van der Waals surface area contributed by atoms with Gasteiger partial charge in [-0.3, -0.25) is 4.79 Å². The van der Waals surface area contributed by atoms with E-state index in [1.165, 1.54) is 19.3 Å². The van der Waals surface area contributed by atoms with Gasteiger partial charge in [0.1, 0.15) is 0 Å². The van der Waals surface area contributed by atoms with Crippen molar-refractivity contribution in [2.75, 3.05) is 0 Å². The standard InChI is InChI=1S/C12H24O2/c1-10(2)6-4-7-11(3)8-5-9-12(13)14/h10-11H,4-9H2,1-3H3,(H,13,14)/t11-/m1/s1. The SMILES string of the molecule is CC(C)CCC[C@@H](C)CCCC(=O)O. The van der Waals surface area contributed by atoms with E-state index >= 15 is 0 Å². The molecule has 0 aromatic carbocycles. The summed E-state index contributed by atoms with van der Waals surface area (Å²) in [7, 11) is 0. The number of rotatable bonds is 8. The monoisotopic (exact) mass is 200 g/mol. The Bertz CT molecular complexity index is 152. The molecule has 84 valence electrons. The van der Waals surface area contributed by atoms with Crippen LogP contribution in [0, 0.1) is 11.8 Å². The van der Waals surface area contributed by atoms with Crippen molar-refractivity contribution in [1.82, 2.24) is 0 Å². The van der Waals surface area contributed by atoms with E-state index in [1.54, 1.807) is 0 Å². The molecule has 0 fully saturated rings. The molecule has 1 atom stereocenters. The van der Waals surface area contributed by atoms with Crippen molar-refractivity contribution < 1.29 is 9.90 Å². The molecule has 0 radical (unpaired) electrons. The normalized spacial score (nSPS) is 13.1. The maximum Gasteiger partial charge on any atom is 0.303 e. The van der Waals surface area contributed by atoms with E-state index in [0.29, 0.717) is 12.3 Å². The lowest BCUT2D eigenvalue weighted by atomic mass is 9.95. The Hall–Kier alpha value is -0.530. The van der Waals surface area contributed by atoms with E-state index in [2.05, 4.69) is 20.8 Å². The molecule has 0 aliphatic carbocycles. The van der Waals surface area contributed by atoms with Crippen LogP contribution < -0.4 is 0 Å². The van der Waals surface area contributed by atoms with Crippen LogP contribution in [0.3, 0.4) is 0 Å². The minimum absolute atomic E-state index is 0.328. The first-order valence-electron chi connectivity index (χ1n) is 5.74. The molecule has 0 spiro atoms. The van der Waals surface area contributed by atoms with E-state index < -0.39 is 5.97 Å². The number of carboxylic acid groups (broad SMARTS) is 1. The number of carboxylic acids is 1. The molecule has 0 saturated heterocycles. The van der Waals surface area contributed by atoms with E-state index in [0.717, 1.165) is 18.8 Å². The Labute approximate surface area is 87.7 Å². The molecule has 0 bridgehead atoms. The number of hydrogen-bond acceptors (Lipinski definition) is 1. The Balaban J connectivity index is 3.27. The van der Waals surface area contributed by atoms with Gasteiger partial charge in [-0.2, -0.15) is 0 Å². The van der Waals surface area contributed by atoms with E-state index in [-0.39, 0.29) is 0 Å². The second-order valence-corrected chi connectivity index (χ2v) is 4.72. The van der Waals surface area contributed by atoms with Gasteiger partial charge in [-0.05, 0) is 18.3 Å². The van der Waals surface area contributed by atoms with Crippen molar-refractivity contribution in [3.05, 3.63) is 0 Å². The van der Waals surface area contributed by atoms with Gasteiger partial charge < -0.3 is 5.11 Å². The molecule has 2 heteroatoms. The zero-order valence-electron chi connectivity index (χ0n) is 9.75. The molecule has 1 N–H and O–H groups in total. The molecule has 14 heavy (non-hydrogen) atoms. The van der Waals surface area contributed by atoms with E-state index in [1.807, 2.05) is 0 Å². The van der Waals surface area contributed by atoms with Gasteiger partial charge in [0.25, 0.3) is 0 Å². The summed E-state index contributed by atoms with van der Waals surface area (Å²) >= 11 is 0. The maximum atomic E-state index is 10.3. The van der Waals surface area contributed by atoms with E-state index in [4.69, 9.17) is 5.11 Å². The van der Waals surface area contributed by atoms with Crippen LogP contribution >= 0.6 is 0 Å². The third kappa shape index (κ3) is 9.56. The Morgan fingerprint density at radius 1 is 1.07 bits per heavy atom. The predicted octanol–water partition coefficient (Wildman–Crippen LogP) is 3.70. The van der Waals surface area contributed by atoms with Crippen LogP contribution in [0.2, 0.25) is 0 Å². The molecule has 0 aliphatic rings. The quantitative estimate of drug-likeness (QED) is 0.648. The van der Waals surface area contributed by atoms with Gasteiger partial charge in [-0.1, -0.05) is 46.5 Å². The van der Waals surface area contributed by atoms with Crippen molar-refractivity contribution in [3.8, 4) is 0 Å². The minimum Gasteiger partial charge on any atom is -0.481 e. The zero-order chi connectivity index (χ0) is 11.0. The van der Waals surface area contributed by atoms with Crippen molar-refractivity contribution >= 4 is 5.97 Å². The molecule has 0 saturated carbocycles. The first kappa shape index (κ1) is 13.5. The van der Waals surface area contributed by atoms with Crippen LogP contribution in [0.5, 0.6) is 0 Å². The number of aliphatic carboxylic acids is 1. The highest BCUT2D eigenvalue weighted by Gasteiger charge is 2.04. The van der Waals surface area contributed by atoms with Crippen molar-refractivity contribution in [1.29, 1.82) is 0 Å². The van der Waals surface area contributed by atoms with Gasteiger partial charge in [0.2, 0.25) is 0 Å². The number of carbonyl (C=O) groups is 1. The van der Waals surface area contributed by atoms with Gasteiger partial charge in [0, 0.05) is 6.42 Å². The molecule has 2 nitrogen and oxygen atoms in total. The molecule has 0 amide bonds. The molecular weight excluding hydrogens is 176 g/mol. The summed E-state index contributed by atoms with van der Waals surface area (Å²) < 4.78 is 0. The zero-order valence-corrected chi connectivity index (χ0v) is 9.75. The summed E-state index contributed by atoms with van der Waals surface area (Å²) in [6, 6.07) is 0. The minimum atomic E-state index is -0.667. The largest absolute Gasteiger partial charge is 0.481 e. The third-order valence-corrected chi connectivity index (χ3v) is 2.57. The number of hydrogen-bond donors (Lipinski definition) is 1. The summed E-state index contributed by atoms with van der Waals surface area (Å²) in [6.07, 6.45) is 6.05. The van der Waals surface area contributed by atoms with Crippen LogP contribution in [-0.4, -0.2) is 11.1 Å². The lowest BCUT2D eigenvalue weighted by Gasteiger charge is -2.11. The summed E-state index contributed by atoms with van der Waals surface area (Å²) in [5, 5.41) is 8.48. The van der Waals surface area contributed by atoms with E-state index in [9.17, 15) is 4.79 Å². The summed E-state index contributed by atoms with van der Waals surface area (Å²) in [5.41, 5.74) is 0. The second-order valence-electron chi connectivity index (χ2n) is 4.72. The first-order chi connectivity index (χ1) is 6.52. The van der Waals surface area contributed by atoms with Crippen LogP contribution in [0.15, 0.2) is 0 Å². The highest BCUT2D eigenvalue weighted by atomic mass is 16.4. The first-order valence-corrected chi connectivity index (χ1v) is 5.74. The molecule has 0 unspecified atom stereocenters. The van der Waals surface area contributed by atoms with Crippen LogP contribution in [0.4, 0.5) is 0 Å². The summed E-state index contributed by atoms with van der Waals surface area (Å²) in [5.74, 6) is 0.814. The lowest BCUT2D eigenvalue weighted by molar-refractivity contribution is -0.137. The Kier molecular flexibility index (Phi) is 7.54. The average Bonchev–Trinajstić information content (AvgIpc) is 2.02. The fourth-order valence-electron chi connectivity index (χ4n) is 1.62.